The quantitative estimate of drug-likeness (QED) is 0.674. The van der Waals surface area contributed by atoms with Crippen molar-refractivity contribution in [1.29, 1.82) is 0 Å². The number of nitro groups is 1. The summed E-state index contributed by atoms with van der Waals surface area (Å²) in [4.78, 5) is 23.1. The van der Waals surface area contributed by atoms with Gasteiger partial charge in [0.25, 0.3) is 11.6 Å². The van der Waals surface area contributed by atoms with E-state index in [-0.39, 0.29) is 24.6 Å². The predicted octanol–water partition coefficient (Wildman–Crippen LogP) is 2.34. The van der Waals surface area contributed by atoms with E-state index in [1.807, 2.05) is 6.07 Å². The Labute approximate surface area is 138 Å². The molecule has 3 rings (SSSR count). The lowest BCUT2D eigenvalue weighted by molar-refractivity contribution is -0.384. The van der Waals surface area contributed by atoms with Crippen LogP contribution in [0.2, 0.25) is 0 Å². The molecule has 0 saturated carbocycles. The largest absolute Gasteiger partial charge is 0.396 e. The van der Waals surface area contributed by atoms with Crippen LogP contribution in [-0.4, -0.2) is 28.3 Å². The third-order valence-electron chi connectivity index (χ3n) is 3.82. The van der Waals surface area contributed by atoms with Crippen LogP contribution in [0, 0.1) is 16.0 Å². The van der Waals surface area contributed by atoms with E-state index in [0.29, 0.717) is 17.0 Å². The van der Waals surface area contributed by atoms with Crippen LogP contribution in [0.1, 0.15) is 12.0 Å². The molecule has 1 amide bonds. The van der Waals surface area contributed by atoms with Crippen molar-refractivity contribution >= 4 is 23.0 Å². The van der Waals surface area contributed by atoms with Crippen LogP contribution >= 0.6 is 0 Å². The first kappa shape index (κ1) is 15.8. The molecule has 122 valence electrons. The van der Waals surface area contributed by atoms with E-state index < -0.39 is 10.8 Å². The van der Waals surface area contributed by atoms with Gasteiger partial charge in [-0.3, -0.25) is 14.9 Å². The van der Waals surface area contributed by atoms with Crippen molar-refractivity contribution in [3.8, 4) is 0 Å². The first-order chi connectivity index (χ1) is 11.6. The monoisotopic (exact) mass is 325 g/mol. The van der Waals surface area contributed by atoms with Crippen LogP contribution in [0.5, 0.6) is 0 Å². The summed E-state index contributed by atoms with van der Waals surface area (Å²) in [7, 11) is 0. The molecule has 2 aromatic rings. The van der Waals surface area contributed by atoms with Crippen molar-refractivity contribution in [3.05, 3.63) is 70.3 Å². The number of nitrogens with zero attached hydrogens (tertiary/aromatic N) is 3. The van der Waals surface area contributed by atoms with Crippen LogP contribution in [0.4, 0.5) is 11.4 Å². The van der Waals surface area contributed by atoms with Gasteiger partial charge in [-0.05, 0) is 18.6 Å². The fourth-order valence-corrected chi connectivity index (χ4v) is 2.67. The molecule has 1 aliphatic rings. The number of rotatable bonds is 5. The van der Waals surface area contributed by atoms with E-state index in [1.165, 1.54) is 17.1 Å². The van der Waals surface area contributed by atoms with Crippen molar-refractivity contribution in [1.82, 2.24) is 0 Å². The van der Waals surface area contributed by atoms with Gasteiger partial charge in [-0.15, -0.1) is 0 Å². The van der Waals surface area contributed by atoms with Gasteiger partial charge in [-0.25, -0.2) is 0 Å². The van der Waals surface area contributed by atoms with Crippen LogP contribution in [0.25, 0.3) is 0 Å². The average molecular weight is 325 g/mol. The molecule has 7 heteroatoms. The molecule has 0 fully saturated rings. The smallest absolute Gasteiger partial charge is 0.270 e. The molecule has 0 radical (unpaired) electrons. The average Bonchev–Trinajstić information content (AvgIpc) is 2.93. The van der Waals surface area contributed by atoms with E-state index in [9.17, 15) is 20.0 Å². The predicted molar refractivity (Wildman–Crippen MR) is 88.8 cm³/mol. The molecule has 2 aromatic carbocycles. The van der Waals surface area contributed by atoms with Crippen LogP contribution in [-0.2, 0) is 4.79 Å². The molecule has 1 N–H and O–H groups in total. The summed E-state index contributed by atoms with van der Waals surface area (Å²) < 4.78 is 0. The zero-order chi connectivity index (χ0) is 17.1. The molecular weight excluding hydrogens is 310 g/mol. The summed E-state index contributed by atoms with van der Waals surface area (Å²) >= 11 is 0. The molecule has 0 aliphatic carbocycles. The van der Waals surface area contributed by atoms with Gasteiger partial charge in [-0.1, -0.05) is 30.3 Å². The summed E-state index contributed by atoms with van der Waals surface area (Å²) in [6.45, 7) is -0.174. The lowest BCUT2D eigenvalue weighted by Crippen LogP contribution is -2.28. The first-order valence-electron chi connectivity index (χ1n) is 7.45. The third-order valence-corrected chi connectivity index (χ3v) is 3.82. The Balaban J connectivity index is 2.04. The Morgan fingerprint density at radius 3 is 2.58 bits per heavy atom. The van der Waals surface area contributed by atoms with E-state index in [0.717, 1.165) is 0 Å². The van der Waals surface area contributed by atoms with Gasteiger partial charge in [0.1, 0.15) is 0 Å². The summed E-state index contributed by atoms with van der Waals surface area (Å²) in [6, 6.07) is 15.0. The topological polar surface area (TPSA) is 96.0 Å². The third kappa shape index (κ3) is 2.89. The highest BCUT2D eigenvalue weighted by Crippen LogP contribution is 2.29. The van der Waals surface area contributed by atoms with Crippen molar-refractivity contribution < 1.29 is 14.8 Å². The Morgan fingerprint density at radius 2 is 1.92 bits per heavy atom. The number of non-ortho nitro benzene ring substituents is 1. The summed E-state index contributed by atoms with van der Waals surface area (Å²) in [5.41, 5.74) is 1.49. The van der Waals surface area contributed by atoms with Gasteiger partial charge in [0, 0.05) is 24.3 Å². The number of anilines is 1. The molecule has 7 nitrogen and oxygen atoms in total. The molecule has 0 spiro atoms. The van der Waals surface area contributed by atoms with Gasteiger partial charge in [0.15, 0.2) is 0 Å². The minimum absolute atomic E-state index is 0.0661. The summed E-state index contributed by atoms with van der Waals surface area (Å²) in [6.07, 6.45) is 0.212. The summed E-state index contributed by atoms with van der Waals surface area (Å²) in [5.74, 6) is -0.881. The molecule has 1 atom stereocenters. The maximum absolute atomic E-state index is 12.7. The highest BCUT2D eigenvalue weighted by atomic mass is 16.6. The fourth-order valence-electron chi connectivity index (χ4n) is 2.67. The molecule has 0 bridgehead atoms. The number of aliphatic hydroxyl groups excluding tert-OH is 1. The second-order valence-corrected chi connectivity index (χ2v) is 5.34. The number of carbonyl (C=O) groups is 1. The minimum Gasteiger partial charge on any atom is -0.396 e. The van der Waals surface area contributed by atoms with Crippen molar-refractivity contribution in [3.63, 3.8) is 0 Å². The molecule has 24 heavy (non-hydrogen) atoms. The maximum atomic E-state index is 12.7. The Morgan fingerprint density at radius 1 is 1.17 bits per heavy atom. The van der Waals surface area contributed by atoms with E-state index in [1.54, 1.807) is 36.4 Å². The molecule has 1 unspecified atom stereocenters. The number of hydrazone groups is 1. The van der Waals surface area contributed by atoms with Gasteiger partial charge >= 0.3 is 0 Å². The number of para-hydroxylation sites is 1. The normalized spacial score (nSPS) is 17.0. The van der Waals surface area contributed by atoms with E-state index >= 15 is 0 Å². The van der Waals surface area contributed by atoms with Gasteiger partial charge in [-0.2, -0.15) is 10.1 Å². The first-order valence-corrected chi connectivity index (χ1v) is 7.45. The van der Waals surface area contributed by atoms with E-state index in [4.69, 9.17) is 0 Å². The molecule has 1 heterocycles. The number of nitro benzene ring substituents is 1. The van der Waals surface area contributed by atoms with Crippen LogP contribution in [0.15, 0.2) is 59.7 Å². The number of carbonyl (C=O) groups excluding carboxylic acids is 1. The standard InChI is InChI=1S/C17H15N3O4/c21-10-9-15-16(12-5-4-8-14(11-12)20(23)24)18-19(17(15)22)13-6-2-1-3-7-13/h1-8,11,15,21H,9-10H2. The van der Waals surface area contributed by atoms with Gasteiger partial charge in [0.05, 0.1) is 22.2 Å². The lowest BCUT2D eigenvalue weighted by Gasteiger charge is -2.13. The second-order valence-electron chi connectivity index (χ2n) is 5.34. The highest BCUT2D eigenvalue weighted by Gasteiger charge is 2.37. The lowest BCUT2D eigenvalue weighted by atomic mass is 9.94. The number of hydrogen-bond acceptors (Lipinski definition) is 5. The van der Waals surface area contributed by atoms with E-state index in [2.05, 4.69) is 5.10 Å². The Hall–Kier alpha value is -3.06. The van der Waals surface area contributed by atoms with Crippen molar-refractivity contribution in [2.45, 2.75) is 6.42 Å². The Kier molecular flexibility index (Phi) is 4.35. The number of aliphatic hydroxyl groups is 1. The molecule has 0 saturated heterocycles. The highest BCUT2D eigenvalue weighted by molar-refractivity contribution is 6.21. The molecular formula is C17H15N3O4. The SMILES string of the molecule is O=C1C(CCO)C(c2cccc([N+](=O)[O-])c2)=NN1c1ccccc1. The zero-order valence-corrected chi connectivity index (χ0v) is 12.7. The van der Waals surface area contributed by atoms with Crippen molar-refractivity contribution in [2.24, 2.45) is 11.0 Å². The van der Waals surface area contributed by atoms with Gasteiger partial charge < -0.3 is 5.11 Å². The summed E-state index contributed by atoms with van der Waals surface area (Å²) in [5, 5.41) is 25.9. The minimum atomic E-state index is -0.628. The van der Waals surface area contributed by atoms with Gasteiger partial charge in [0.2, 0.25) is 0 Å². The van der Waals surface area contributed by atoms with Crippen LogP contribution in [0.3, 0.4) is 0 Å². The Bertz CT molecular complexity index is 804. The van der Waals surface area contributed by atoms with Crippen molar-refractivity contribution in [2.75, 3.05) is 11.6 Å². The zero-order valence-electron chi connectivity index (χ0n) is 12.7. The second kappa shape index (κ2) is 6.59. The number of amides is 1. The fraction of sp³-hybridized carbons (Fsp3) is 0.176. The molecule has 0 aromatic heterocycles. The maximum Gasteiger partial charge on any atom is 0.270 e. The number of benzene rings is 2. The van der Waals surface area contributed by atoms with Crippen LogP contribution < -0.4 is 5.01 Å². The number of hydrogen-bond donors (Lipinski definition) is 1. The molecule has 1 aliphatic heterocycles.